The summed E-state index contributed by atoms with van der Waals surface area (Å²) in [6.07, 6.45) is 9.08. The summed E-state index contributed by atoms with van der Waals surface area (Å²) in [5.41, 5.74) is 9.52. The van der Waals surface area contributed by atoms with Gasteiger partial charge in [0.1, 0.15) is 0 Å². The molecule has 0 saturated carbocycles. The quantitative estimate of drug-likeness (QED) is 0.0888. The van der Waals surface area contributed by atoms with E-state index in [1.807, 2.05) is 18.2 Å². The minimum Gasteiger partial charge on any atom is -0.0991 e. The maximum Gasteiger partial charge on any atom is -0.00262 e. The van der Waals surface area contributed by atoms with Gasteiger partial charge in [0.15, 0.2) is 0 Å². The maximum absolute atomic E-state index is 4.15. The summed E-state index contributed by atoms with van der Waals surface area (Å²) in [6.45, 7) is 14.9. The largest absolute Gasteiger partial charge is 0.0991 e. The van der Waals surface area contributed by atoms with Crippen LogP contribution in [0.5, 0.6) is 0 Å². The molecule has 0 aliphatic carbocycles. The van der Waals surface area contributed by atoms with Crippen molar-refractivity contribution in [1.82, 2.24) is 0 Å². The number of allylic oxidation sites excluding steroid dienone is 6. The molecule has 0 N–H and O–H groups in total. The molecule has 54 heavy (non-hydrogen) atoms. The zero-order valence-corrected chi connectivity index (χ0v) is 30.3. The van der Waals surface area contributed by atoms with Crippen LogP contribution < -0.4 is 0 Å². The summed E-state index contributed by atoms with van der Waals surface area (Å²) >= 11 is 0. The van der Waals surface area contributed by atoms with Gasteiger partial charge in [-0.2, -0.15) is 0 Å². The molecule has 9 rings (SSSR count). The molecule has 0 heterocycles. The molecule has 0 radical (unpaired) electrons. The first kappa shape index (κ1) is 34.1. The molecule has 0 unspecified atom stereocenters. The summed E-state index contributed by atoms with van der Waals surface area (Å²) in [5, 5.41) is 12.5. The fourth-order valence-electron chi connectivity index (χ4n) is 7.86. The van der Waals surface area contributed by atoms with E-state index in [0.717, 1.165) is 11.1 Å². The van der Waals surface area contributed by atoms with Crippen LogP contribution in [-0.4, -0.2) is 0 Å². The van der Waals surface area contributed by atoms with E-state index in [-0.39, 0.29) is 0 Å². The molecule has 9 aromatic rings. The lowest BCUT2D eigenvalue weighted by Gasteiger charge is -2.19. The van der Waals surface area contributed by atoms with Crippen molar-refractivity contribution in [2.45, 2.75) is 0 Å². The van der Waals surface area contributed by atoms with Crippen LogP contribution in [-0.2, 0) is 0 Å². The highest BCUT2D eigenvalue weighted by Gasteiger charge is 2.18. The van der Waals surface area contributed by atoms with Crippen LogP contribution in [0.3, 0.4) is 0 Å². The van der Waals surface area contributed by atoms with Crippen molar-refractivity contribution in [3.05, 3.63) is 226 Å². The molecule has 9 aromatic carbocycles. The third-order valence-electron chi connectivity index (χ3n) is 10.3. The van der Waals surface area contributed by atoms with Crippen molar-refractivity contribution in [1.29, 1.82) is 0 Å². The Morgan fingerprint density at radius 1 is 0.352 bits per heavy atom. The zero-order chi connectivity index (χ0) is 37.0. The number of fused-ring (bicyclic) bond motifs is 6. The van der Waals surface area contributed by atoms with Crippen molar-refractivity contribution in [3.8, 4) is 33.4 Å². The second-order valence-corrected chi connectivity index (χ2v) is 13.4. The topological polar surface area (TPSA) is 0 Å². The number of hydrogen-bond donors (Lipinski definition) is 0. The van der Waals surface area contributed by atoms with Gasteiger partial charge in [-0.05, 0) is 123 Å². The van der Waals surface area contributed by atoms with Crippen LogP contribution in [0.2, 0.25) is 0 Å². The van der Waals surface area contributed by atoms with Crippen molar-refractivity contribution in [2.24, 2.45) is 0 Å². The van der Waals surface area contributed by atoms with E-state index >= 15 is 0 Å². The van der Waals surface area contributed by atoms with Crippen molar-refractivity contribution < 1.29 is 0 Å². The third kappa shape index (κ3) is 6.15. The second-order valence-electron chi connectivity index (χ2n) is 13.4. The molecule has 0 fully saturated rings. The van der Waals surface area contributed by atoms with Gasteiger partial charge < -0.3 is 0 Å². The average molecular weight is 689 g/mol. The fourth-order valence-corrected chi connectivity index (χ4v) is 7.86. The van der Waals surface area contributed by atoms with Crippen LogP contribution >= 0.6 is 0 Å². The molecule has 0 amide bonds. The number of hydrogen-bond acceptors (Lipinski definition) is 0. The standard InChI is InChI=1S/C50H34.C4H6/c1-3-14-33(4-2)47-32-40-30-38(26-24-36(40)31-48(47)34-15-6-5-7-16-34)49-43-19-10-12-21-45(43)50(46-22-13-11-20-44(46)49)39-27-28-42-37(29-39)25-23-35-17-8-9-18-41(35)42;1-3-4-2/h3-32H,1-2H2;3-4H,1-2H2/b33-14+;. The van der Waals surface area contributed by atoms with Gasteiger partial charge in [0, 0.05) is 0 Å². The summed E-state index contributed by atoms with van der Waals surface area (Å²) in [6, 6.07) is 60.1. The van der Waals surface area contributed by atoms with Crippen LogP contribution in [0.4, 0.5) is 0 Å². The first-order valence-corrected chi connectivity index (χ1v) is 18.3. The predicted molar refractivity (Wildman–Crippen MR) is 239 cm³/mol. The Bertz CT molecular complexity index is 2870. The normalized spacial score (nSPS) is 11.4. The summed E-state index contributed by atoms with van der Waals surface area (Å²) in [4.78, 5) is 0. The lowest BCUT2D eigenvalue weighted by Crippen LogP contribution is -1.92. The van der Waals surface area contributed by atoms with Crippen LogP contribution in [0.25, 0.3) is 92.8 Å². The molecule has 0 saturated heterocycles. The lowest BCUT2D eigenvalue weighted by molar-refractivity contribution is 1.60. The molecule has 0 heteroatoms. The summed E-state index contributed by atoms with van der Waals surface area (Å²) in [5.74, 6) is 0. The Labute approximate surface area is 317 Å². The average Bonchev–Trinajstić information content (AvgIpc) is 3.24. The molecule has 0 bridgehead atoms. The molecule has 0 spiro atoms. The zero-order valence-electron chi connectivity index (χ0n) is 30.3. The van der Waals surface area contributed by atoms with Gasteiger partial charge in [0.25, 0.3) is 0 Å². The predicted octanol–water partition coefficient (Wildman–Crippen LogP) is 15.6. The Morgan fingerprint density at radius 2 is 0.852 bits per heavy atom. The Morgan fingerprint density at radius 3 is 1.44 bits per heavy atom. The molecule has 0 atom stereocenters. The Hall–Kier alpha value is -7.02. The maximum atomic E-state index is 4.15. The SMILES string of the molecule is C=C/C=C(\C=C)c1cc2cc(-c3c4ccccc4c(-c4ccc5c(ccc6ccccc65)c4)c4ccccc34)ccc2cc1-c1ccccc1.C=CC=C. The van der Waals surface area contributed by atoms with Gasteiger partial charge in [-0.1, -0.05) is 196 Å². The van der Waals surface area contributed by atoms with E-state index in [4.69, 9.17) is 0 Å². The lowest BCUT2D eigenvalue weighted by atomic mass is 9.84. The highest BCUT2D eigenvalue weighted by atomic mass is 14.2. The molecular formula is C54H40. The molecule has 0 aromatic heterocycles. The molecule has 0 aliphatic heterocycles. The van der Waals surface area contributed by atoms with Crippen LogP contribution in [0, 0.1) is 0 Å². The van der Waals surface area contributed by atoms with Gasteiger partial charge >= 0.3 is 0 Å². The van der Waals surface area contributed by atoms with Crippen molar-refractivity contribution in [3.63, 3.8) is 0 Å². The van der Waals surface area contributed by atoms with Gasteiger partial charge in [0.05, 0.1) is 0 Å². The van der Waals surface area contributed by atoms with E-state index in [1.54, 1.807) is 12.2 Å². The van der Waals surface area contributed by atoms with Crippen molar-refractivity contribution in [2.75, 3.05) is 0 Å². The summed E-state index contributed by atoms with van der Waals surface area (Å²) in [7, 11) is 0. The monoisotopic (exact) mass is 688 g/mol. The minimum atomic E-state index is 1.05. The van der Waals surface area contributed by atoms with Gasteiger partial charge in [-0.15, -0.1) is 0 Å². The third-order valence-corrected chi connectivity index (χ3v) is 10.3. The second kappa shape index (κ2) is 14.9. The highest BCUT2D eigenvalue weighted by molar-refractivity contribution is 6.22. The van der Waals surface area contributed by atoms with Crippen molar-refractivity contribution >= 4 is 59.4 Å². The van der Waals surface area contributed by atoms with E-state index in [1.165, 1.54) is 87.2 Å². The van der Waals surface area contributed by atoms with E-state index in [2.05, 4.69) is 190 Å². The smallest absolute Gasteiger partial charge is 0.00262 e. The Kier molecular flexibility index (Phi) is 9.41. The molecular weight excluding hydrogens is 649 g/mol. The fraction of sp³-hybridized carbons (Fsp3) is 0. The summed E-state index contributed by atoms with van der Waals surface area (Å²) < 4.78 is 0. The van der Waals surface area contributed by atoms with E-state index in [9.17, 15) is 0 Å². The van der Waals surface area contributed by atoms with Gasteiger partial charge in [0.2, 0.25) is 0 Å². The Balaban J connectivity index is 0.000000987. The number of rotatable bonds is 7. The minimum absolute atomic E-state index is 1.05. The highest BCUT2D eigenvalue weighted by Crippen LogP contribution is 2.45. The molecule has 0 nitrogen and oxygen atoms in total. The molecule has 256 valence electrons. The van der Waals surface area contributed by atoms with E-state index < -0.39 is 0 Å². The first-order valence-electron chi connectivity index (χ1n) is 18.3. The number of benzene rings is 9. The van der Waals surface area contributed by atoms with Gasteiger partial charge in [-0.25, -0.2) is 0 Å². The van der Waals surface area contributed by atoms with Gasteiger partial charge in [-0.3, -0.25) is 0 Å². The van der Waals surface area contributed by atoms with E-state index in [0.29, 0.717) is 0 Å². The first-order chi connectivity index (χ1) is 26.6. The molecule has 0 aliphatic rings. The van der Waals surface area contributed by atoms with Crippen LogP contribution in [0.15, 0.2) is 220 Å². The van der Waals surface area contributed by atoms with Crippen LogP contribution in [0.1, 0.15) is 5.56 Å².